The zero-order valence-electron chi connectivity index (χ0n) is 12.0. The summed E-state index contributed by atoms with van der Waals surface area (Å²) in [6.45, 7) is 2.27. The Hall–Kier alpha value is -0.890. The van der Waals surface area contributed by atoms with E-state index in [1.165, 1.54) is 56.9 Å². The van der Waals surface area contributed by atoms with Crippen LogP contribution in [0.3, 0.4) is 0 Å². The van der Waals surface area contributed by atoms with E-state index in [1.807, 2.05) is 25.5 Å². The summed E-state index contributed by atoms with van der Waals surface area (Å²) >= 11 is 0. The maximum Gasteiger partial charge on any atom is 0.0332 e. The Bertz CT molecular complexity index is 284. The standard InChI is InChI=1S/C16H28N2/c1-3-4-5-6-7-8-9-12-16(17-2)15-11-10-13-18-14-15/h10-11,13-14,16-17H,3-9,12H2,1-2H3. The fourth-order valence-corrected chi connectivity index (χ4v) is 2.37. The summed E-state index contributed by atoms with van der Waals surface area (Å²) in [5.41, 5.74) is 1.31. The minimum absolute atomic E-state index is 0.467. The lowest BCUT2D eigenvalue weighted by Gasteiger charge is -2.15. The van der Waals surface area contributed by atoms with Gasteiger partial charge in [0, 0.05) is 18.4 Å². The van der Waals surface area contributed by atoms with E-state index in [0.717, 1.165) is 0 Å². The molecule has 1 atom stereocenters. The molecule has 0 saturated carbocycles. The summed E-state index contributed by atoms with van der Waals surface area (Å²) in [4.78, 5) is 4.19. The highest BCUT2D eigenvalue weighted by Gasteiger charge is 2.07. The van der Waals surface area contributed by atoms with Gasteiger partial charge in [0.05, 0.1) is 0 Å². The Morgan fingerprint density at radius 2 is 1.83 bits per heavy atom. The Morgan fingerprint density at radius 1 is 1.11 bits per heavy atom. The van der Waals surface area contributed by atoms with E-state index < -0.39 is 0 Å². The van der Waals surface area contributed by atoms with Crippen LogP contribution in [0.4, 0.5) is 0 Å². The minimum Gasteiger partial charge on any atom is -0.313 e. The number of aromatic nitrogens is 1. The quantitative estimate of drug-likeness (QED) is 0.617. The van der Waals surface area contributed by atoms with E-state index in [0.29, 0.717) is 6.04 Å². The van der Waals surface area contributed by atoms with Gasteiger partial charge in [-0.25, -0.2) is 0 Å². The normalized spacial score (nSPS) is 12.6. The van der Waals surface area contributed by atoms with Crippen molar-refractivity contribution in [3.63, 3.8) is 0 Å². The Labute approximate surface area is 112 Å². The second-order valence-corrected chi connectivity index (χ2v) is 5.04. The molecule has 1 heterocycles. The Kier molecular flexibility index (Phi) is 8.49. The van der Waals surface area contributed by atoms with E-state index in [4.69, 9.17) is 0 Å². The van der Waals surface area contributed by atoms with Crippen molar-refractivity contribution in [2.24, 2.45) is 0 Å². The van der Waals surface area contributed by atoms with Crippen molar-refractivity contribution < 1.29 is 0 Å². The van der Waals surface area contributed by atoms with E-state index in [1.54, 1.807) is 0 Å². The lowest BCUT2D eigenvalue weighted by atomic mass is 10.0. The number of hydrogen-bond donors (Lipinski definition) is 1. The molecule has 1 aromatic heterocycles. The fourth-order valence-electron chi connectivity index (χ4n) is 2.37. The number of nitrogens with zero attached hydrogens (tertiary/aromatic N) is 1. The van der Waals surface area contributed by atoms with Crippen molar-refractivity contribution in [1.29, 1.82) is 0 Å². The average molecular weight is 248 g/mol. The van der Waals surface area contributed by atoms with Gasteiger partial charge < -0.3 is 5.32 Å². The van der Waals surface area contributed by atoms with Crippen molar-refractivity contribution in [2.45, 2.75) is 64.3 Å². The van der Waals surface area contributed by atoms with Gasteiger partial charge in [0.1, 0.15) is 0 Å². The van der Waals surface area contributed by atoms with Gasteiger partial charge in [-0.05, 0) is 25.1 Å². The van der Waals surface area contributed by atoms with E-state index in [2.05, 4.69) is 23.3 Å². The average Bonchev–Trinajstić information content (AvgIpc) is 2.43. The van der Waals surface area contributed by atoms with Crippen LogP contribution in [-0.2, 0) is 0 Å². The van der Waals surface area contributed by atoms with Crippen molar-refractivity contribution in [3.8, 4) is 0 Å². The zero-order chi connectivity index (χ0) is 13.1. The van der Waals surface area contributed by atoms with Crippen LogP contribution in [0.25, 0.3) is 0 Å². The highest BCUT2D eigenvalue weighted by atomic mass is 14.9. The number of nitrogens with one attached hydrogen (secondary N) is 1. The molecule has 0 saturated heterocycles. The minimum atomic E-state index is 0.467. The maximum atomic E-state index is 4.19. The fraction of sp³-hybridized carbons (Fsp3) is 0.688. The summed E-state index contributed by atoms with van der Waals surface area (Å²) in [7, 11) is 2.04. The summed E-state index contributed by atoms with van der Waals surface area (Å²) in [6, 6.07) is 4.65. The van der Waals surface area contributed by atoms with Crippen LogP contribution >= 0.6 is 0 Å². The van der Waals surface area contributed by atoms with Crippen molar-refractivity contribution in [3.05, 3.63) is 30.1 Å². The molecule has 1 unspecified atom stereocenters. The predicted octanol–water partition coefficient (Wildman–Crippen LogP) is 4.48. The monoisotopic (exact) mass is 248 g/mol. The third-order valence-electron chi connectivity index (χ3n) is 3.53. The maximum absolute atomic E-state index is 4.19. The van der Waals surface area contributed by atoms with E-state index >= 15 is 0 Å². The topological polar surface area (TPSA) is 24.9 Å². The molecule has 1 N–H and O–H groups in total. The molecule has 0 aliphatic carbocycles. The Balaban J connectivity index is 2.13. The first-order valence-corrected chi connectivity index (χ1v) is 7.45. The summed E-state index contributed by atoms with van der Waals surface area (Å²) in [5, 5.41) is 3.39. The molecule has 0 fully saturated rings. The molecule has 1 rings (SSSR count). The predicted molar refractivity (Wildman–Crippen MR) is 78.6 cm³/mol. The number of pyridine rings is 1. The zero-order valence-corrected chi connectivity index (χ0v) is 12.0. The Morgan fingerprint density at radius 3 is 2.44 bits per heavy atom. The lowest BCUT2D eigenvalue weighted by Crippen LogP contribution is -2.16. The molecule has 0 spiro atoms. The van der Waals surface area contributed by atoms with Crippen LogP contribution in [0.5, 0.6) is 0 Å². The first-order valence-electron chi connectivity index (χ1n) is 7.45. The van der Waals surface area contributed by atoms with Gasteiger partial charge in [-0.1, -0.05) is 57.9 Å². The highest BCUT2D eigenvalue weighted by Crippen LogP contribution is 2.19. The van der Waals surface area contributed by atoms with Crippen LogP contribution in [0.1, 0.15) is 69.9 Å². The summed E-state index contributed by atoms with van der Waals surface area (Å²) in [5.74, 6) is 0. The SMILES string of the molecule is CCCCCCCCCC(NC)c1cccnc1. The molecule has 2 nitrogen and oxygen atoms in total. The smallest absolute Gasteiger partial charge is 0.0332 e. The molecule has 0 bridgehead atoms. The molecule has 0 aliphatic heterocycles. The molecular weight excluding hydrogens is 220 g/mol. The first-order chi connectivity index (χ1) is 8.88. The van der Waals surface area contributed by atoms with Crippen LogP contribution in [0.15, 0.2) is 24.5 Å². The van der Waals surface area contributed by atoms with Crippen molar-refractivity contribution in [2.75, 3.05) is 7.05 Å². The van der Waals surface area contributed by atoms with E-state index in [9.17, 15) is 0 Å². The first kappa shape index (κ1) is 15.2. The summed E-state index contributed by atoms with van der Waals surface area (Å²) < 4.78 is 0. The second kappa shape index (κ2) is 10.1. The molecule has 0 amide bonds. The molecule has 0 aromatic carbocycles. The van der Waals surface area contributed by atoms with Gasteiger partial charge in [-0.3, -0.25) is 4.98 Å². The molecule has 0 radical (unpaired) electrons. The molecule has 1 aromatic rings. The largest absolute Gasteiger partial charge is 0.313 e. The van der Waals surface area contributed by atoms with Crippen molar-refractivity contribution >= 4 is 0 Å². The molecule has 18 heavy (non-hydrogen) atoms. The van der Waals surface area contributed by atoms with Crippen LogP contribution in [-0.4, -0.2) is 12.0 Å². The third kappa shape index (κ3) is 6.15. The summed E-state index contributed by atoms with van der Waals surface area (Å²) in [6.07, 6.45) is 14.7. The highest BCUT2D eigenvalue weighted by molar-refractivity contribution is 5.13. The molecule has 102 valence electrons. The van der Waals surface area contributed by atoms with Crippen LogP contribution in [0, 0.1) is 0 Å². The van der Waals surface area contributed by atoms with Crippen LogP contribution < -0.4 is 5.32 Å². The van der Waals surface area contributed by atoms with Gasteiger partial charge in [0.2, 0.25) is 0 Å². The molecular formula is C16H28N2. The van der Waals surface area contributed by atoms with Gasteiger partial charge in [-0.2, -0.15) is 0 Å². The van der Waals surface area contributed by atoms with E-state index in [-0.39, 0.29) is 0 Å². The third-order valence-corrected chi connectivity index (χ3v) is 3.53. The van der Waals surface area contributed by atoms with Gasteiger partial charge in [-0.15, -0.1) is 0 Å². The lowest BCUT2D eigenvalue weighted by molar-refractivity contribution is 0.495. The van der Waals surface area contributed by atoms with Gasteiger partial charge >= 0.3 is 0 Å². The van der Waals surface area contributed by atoms with Crippen molar-refractivity contribution in [1.82, 2.24) is 10.3 Å². The number of rotatable bonds is 10. The molecule has 0 aliphatic rings. The van der Waals surface area contributed by atoms with Gasteiger partial charge in [0.25, 0.3) is 0 Å². The van der Waals surface area contributed by atoms with Gasteiger partial charge in [0.15, 0.2) is 0 Å². The number of hydrogen-bond acceptors (Lipinski definition) is 2. The van der Waals surface area contributed by atoms with Crippen LogP contribution in [0.2, 0.25) is 0 Å². The second-order valence-electron chi connectivity index (χ2n) is 5.04. The molecule has 2 heteroatoms. The number of unbranched alkanes of at least 4 members (excludes halogenated alkanes) is 6.